The first-order valence-electron chi connectivity index (χ1n) is 7.56. The molecular formula is C16H22FN3O2. The molecule has 6 heteroatoms. The summed E-state index contributed by atoms with van der Waals surface area (Å²) in [5.74, 6) is -0.446. The van der Waals surface area contributed by atoms with Gasteiger partial charge in [-0.25, -0.2) is 4.39 Å². The van der Waals surface area contributed by atoms with Gasteiger partial charge in [0, 0.05) is 12.6 Å². The zero-order valence-corrected chi connectivity index (χ0v) is 12.7. The first-order chi connectivity index (χ1) is 10.5. The van der Waals surface area contributed by atoms with Crippen LogP contribution in [-0.2, 0) is 16.0 Å². The summed E-state index contributed by atoms with van der Waals surface area (Å²) in [6, 6.07) is 5.98. The Morgan fingerprint density at radius 3 is 2.91 bits per heavy atom. The molecule has 120 valence electrons. The minimum Gasteiger partial charge on any atom is -0.350 e. The van der Waals surface area contributed by atoms with E-state index in [0.29, 0.717) is 11.5 Å². The van der Waals surface area contributed by atoms with Gasteiger partial charge in [-0.3, -0.25) is 9.59 Å². The van der Waals surface area contributed by atoms with Crippen molar-refractivity contribution in [1.82, 2.24) is 16.0 Å². The summed E-state index contributed by atoms with van der Waals surface area (Å²) in [7, 11) is 0. The Morgan fingerprint density at radius 2 is 2.18 bits per heavy atom. The number of nitrogens with one attached hydrogen (secondary N) is 3. The second kappa shape index (κ2) is 7.89. The number of benzene rings is 1. The van der Waals surface area contributed by atoms with E-state index in [0.717, 1.165) is 19.5 Å². The monoisotopic (exact) mass is 307 g/mol. The van der Waals surface area contributed by atoms with Gasteiger partial charge in [-0.2, -0.15) is 0 Å². The third kappa shape index (κ3) is 5.11. The molecule has 0 radical (unpaired) electrons. The van der Waals surface area contributed by atoms with Crippen molar-refractivity contribution < 1.29 is 14.0 Å². The van der Waals surface area contributed by atoms with E-state index in [1.807, 2.05) is 0 Å². The molecule has 3 N–H and O–H groups in total. The first kappa shape index (κ1) is 16.4. The van der Waals surface area contributed by atoms with Crippen LogP contribution in [0.5, 0.6) is 0 Å². The molecule has 22 heavy (non-hydrogen) atoms. The molecule has 2 atom stereocenters. The summed E-state index contributed by atoms with van der Waals surface area (Å²) in [5.41, 5.74) is 0.586. The Labute approximate surface area is 129 Å². The molecule has 1 heterocycles. The predicted octanol–water partition coefficient (Wildman–Crippen LogP) is 0.599. The maximum atomic E-state index is 13.0. The van der Waals surface area contributed by atoms with Crippen molar-refractivity contribution in [1.29, 1.82) is 0 Å². The fourth-order valence-electron chi connectivity index (χ4n) is 2.51. The van der Waals surface area contributed by atoms with Crippen molar-refractivity contribution >= 4 is 11.8 Å². The summed E-state index contributed by atoms with van der Waals surface area (Å²) in [6.07, 6.45) is 1.09. The topological polar surface area (TPSA) is 70.2 Å². The van der Waals surface area contributed by atoms with Crippen LogP contribution in [0.1, 0.15) is 18.9 Å². The number of hydrogen-bond acceptors (Lipinski definition) is 3. The molecule has 1 saturated heterocycles. The van der Waals surface area contributed by atoms with Gasteiger partial charge in [0.15, 0.2) is 0 Å². The average Bonchev–Trinajstić information content (AvgIpc) is 2.48. The number of carbonyl (C=O) groups excluding carboxylic acids is 2. The van der Waals surface area contributed by atoms with Crippen molar-refractivity contribution in [2.75, 3.05) is 19.6 Å². The summed E-state index contributed by atoms with van der Waals surface area (Å²) < 4.78 is 13.0. The number of carbonyl (C=O) groups is 2. The zero-order valence-electron chi connectivity index (χ0n) is 12.7. The molecule has 0 aliphatic carbocycles. The van der Waals surface area contributed by atoms with Gasteiger partial charge in [0.2, 0.25) is 11.8 Å². The first-order valence-corrected chi connectivity index (χ1v) is 7.56. The highest BCUT2D eigenvalue weighted by atomic mass is 19.1. The van der Waals surface area contributed by atoms with Crippen LogP contribution in [-0.4, -0.2) is 37.5 Å². The second-order valence-corrected chi connectivity index (χ2v) is 5.73. The van der Waals surface area contributed by atoms with Gasteiger partial charge >= 0.3 is 0 Å². The lowest BCUT2D eigenvalue weighted by Crippen LogP contribution is -2.52. The van der Waals surface area contributed by atoms with E-state index in [2.05, 4.69) is 22.9 Å². The standard InChI is InChI=1S/C16H22FN3O2/c1-11-5-6-18-9-14(11)20-16(22)10-19-15(21)8-12-3-2-4-13(17)7-12/h2-4,7,11,14,18H,5-6,8-10H2,1H3,(H,19,21)(H,20,22). The van der Waals surface area contributed by atoms with E-state index in [1.54, 1.807) is 12.1 Å². The Morgan fingerprint density at radius 1 is 1.36 bits per heavy atom. The number of halogens is 1. The Hall–Kier alpha value is -1.95. The van der Waals surface area contributed by atoms with Crippen LogP contribution in [0.15, 0.2) is 24.3 Å². The molecule has 0 aromatic heterocycles. The van der Waals surface area contributed by atoms with Crippen LogP contribution in [0.4, 0.5) is 4.39 Å². The van der Waals surface area contributed by atoms with E-state index in [1.165, 1.54) is 12.1 Å². The minimum absolute atomic E-state index is 0.0582. The van der Waals surface area contributed by atoms with Gasteiger partial charge in [0.25, 0.3) is 0 Å². The zero-order chi connectivity index (χ0) is 15.9. The Bertz CT molecular complexity index is 536. The van der Waals surface area contributed by atoms with Gasteiger partial charge in [0.05, 0.1) is 13.0 Å². The molecule has 2 amide bonds. The molecule has 1 aromatic carbocycles. The SMILES string of the molecule is CC1CCNCC1NC(=O)CNC(=O)Cc1cccc(F)c1. The summed E-state index contributed by atoms with van der Waals surface area (Å²) in [4.78, 5) is 23.6. The number of piperidine rings is 1. The Kier molecular flexibility index (Phi) is 5.89. The lowest BCUT2D eigenvalue weighted by atomic mass is 9.95. The lowest BCUT2D eigenvalue weighted by Gasteiger charge is -2.30. The van der Waals surface area contributed by atoms with Crippen molar-refractivity contribution in [2.45, 2.75) is 25.8 Å². The molecule has 1 aromatic rings. The summed E-state index contributed by atoms with van der Waals surface area (Å²) in [5, 5.41) is 8.72. The van der Waals surface area contributed by atoms with Crippen molar-refractivity contribution in [2.24, 2.45) is 5.92 Å². The van der Waals surface area contributed by atoms with Crippen LogP contribution < -0.4 is 16.0 Å². The molecule has 1 aliphatic rings. The quantitative estimate of drug-likeness (QED) is 0.746. The molecule has 0 bridgehead atoms. The lowest BCUT2D eigenvalue weighted by molar-refractivity contribution is -0.126. The highest BCUT2D eigenvalue weighted by molar-refractivity contribution is 5.85. The van der Waals surface area contributed by atoms with Crippen LogP contribution in [0.2, 0.25) is 0 Å². The third-order valence-corrected chi connectivity index (χ3v) is 3.87. The highest BCUT2D eigenvalue weighted by Crippen LogP contribution is 2.10. The highest BCUT2D eigenvalue weighted by Gasteiger charge is 2.22. The predicted molar refractivity (Wildman–Crippen MR) is 81.7 cm³/mol. The molecule has 1 fully saturated rings. The maximum absolute atomic E-state index is 13.0. The average molecular weight is 307 g/mol. The van der Waals surface area contributed by atoms with E-state index in [9.17, 15) is 14.0 Å². The van der Waals surface area contributed by atoms with Gasteiger partial charge < -0.3 is 16.0 Å². The van der Waals surface area contributed by atoms with Crippen LogP contribution in [0, 0.1) is 11.7 Å². The number of rotatable bonds is 5. The van der Waals surface area contributed by atoms with Gasteiger partial charge in [0.1, 0.15) is 5.82 Å². The normalized spacial score (nSPS) is 21.2. The number of hydrogen-bond donors (Lipinski definition) is 3. The smallest absolute Gasteiger partial charge is 0.239 e. The maximum Gasteiger partial charge on any atom is 0.239 e. The van der Waals surface area contributed by atoms with Crippen LogP contribution in [0.3, 0.4) is 0 Å². The van der Waals surface area contributed by atoms with Crippen LogP contribution in [0.25, 0.3) is 0 Å². The largest absolute Gasteiger partial charge is 0.350 e. The number of amides is 2. The van der Waals surface area contributed by atoms with Crippen molar-refractivity contribution in [3.8, 4) is 0 Å². The molecule has 2 rings (SSSR count). The van der Waals surface area contributed by atoms with Crippen molar-refractivity contribution in [3.05, 3.63) is 35.6 Å². The fraction of sp³-hybridized carbons (Fsp3) is 0.500. The van der Waals surface area contributed by atoms with E-state index in [4.69, 9.17) is 0 Å². The molecule has 1 aliphatic heterocycles. The van der Waals surface area contributed by atoms with Crippen molar-refractivity contribution in [3.63, 3.8) is 0 Å². The summed E-state index contributed by atoms with van der Waals surface area (Å²) in [6.45, 7) is 3.77. The molecule has 0 spiro atoms. The third-order valence-electron chi connectivity index (χ3n) is 3.87. The van der Waals surface area contributed by atoms with Gasteiger partial charge in [-0.05, 0) is 36.6 Å². The second-order valence-electron chi connectivity index (χ2n) is 5.73. The molecule has 0 saturated carbocycles. The molecule has 2 unspecified atom stereocenters. The summed E-state index contributed by atoms with van der Waals surface area (Å²) >= 11 is 0. The fourth-order valence-corrected chi connectivity index (χ4v) is 2.51. The van der Waals surface area contributed by atoms with E-state index >= 15 is 0 Å². The van der Waals surface area contributed by atoms with Gasteiger partial charge in [-0.1, -0.05) is 19.1 Å². The van der Waals surface area contributed by atoms with E-state index in [-0.39, 0.29) is 36.6 Å². The Balaban J connectivity index is 1.72. The molecule has 5 nitrogen and oxygen atoms in total. The van der Waals surface area contributed by atoms with E-state index < -0.39 is 0 Å². The minimum atomic E-state index is -0.373. The van der Waals surface area contributed by atoms with Crippen LogP contribution >= 0.6 is 0 Å². The molecular weight excluding hydrogens is 285 g/mol. The van der Waals surface area contributed by atoms with Gasteiger partial charge in [-0.15, -0.1) is 0 Å².